The standard InChI is InChI=1S/C17H28N2O2/c1-3-19-10-5-7-15(9-11-19)18-16-6-4-8-17(14-16)21-13-12-20-2/h4,6,8,14-15,18H,3,5,7,9-13H2,1-2H3. The minimum absolute atomic E-state index is 0.566. The van der Waals surface area contributed by atoms with E-state index >= 15 is 0 Å². The Morgan fingerprint density at radius 1 is 1.24 bits per heavy atom. The van der Waals surface area contributed by atoms with Crippen molar-refractivity contribution in [2.45, 2.75) is 32.2 Å². The first-order valence-electron chi connectivity index (χ1n) is 8.02. The van der Waals surface area contributed by atoms with E-state index in [1.165, 1.54) is 32.4 Å². The summed E-state index contributed by atoms with van der Waals surface area (Å²) in [5.41, 5.74) is 1.15. The summed E-state index contributed by atoms with van der Waals surface area (Å²) < 4.78 is 10.7. The molecule has 0 saturated carbocycles. The van der Waals surface area contributed by atoms with Gasteiger partial charge in [-0.2, -0.15) is 0 Å². The molecule has 0 aliphatic carbocycles. The number of ether oxygens (including phenoxy) is 2. The van der Waals surface area contributed by atoms with Crippen LogP contribution in [0, 0.1) is 0 Å². The van der Waals surface area contributed by atoms with Crippen LogP contribution in [-0.4, -0.2) is 50.9 Å². The van der Waals surface area contributed by atoms with Gasteiger partial charge in [-0.1, -0.05) is 13.0 Å². The lowest BCUT2D eigenvalue weighted by atomic mass is 10.1. The van der Waals surface area contributed by atoms with Crippen LogP contribution >= 0.6 is 0 Å². The van der Waals surface area contributed by atoms with Crippen molar-refractivity contribution in [2.24, 2.45) is 0 Å². The van der Waals surface area contributed by atoms with Crippen LogP contribution in [0.4, 0.5) is 5.69 Å². The Bertz CT molecular complexity index is 412. The third kappa shape index (κ3) is 5.56. The number of rotatable bonds is 7. The van der Waals surface area contributed by atoms with E-state index in [0.29, 0.717) is 19.3 Å². The van der Waals surface area contributed by atoms with E-state index in [-0.39, 0.29) is 0 Å². The maximum Gasteiger partial charge on any atom is 0.121 e. The van der Waals surface area contributed by atoms with Crippen molar-refractivity contribution in [1.82, 2.24) is 4.90 Å². The first-order valence-corrected chi connectivity index (χ1v) is 8.02. The van der Waals surface area contributed by atoms with Gasteiger partial charge < -0.3 is 19.7 Å². The van der Waals surface area contributed by atoms with Crippen molar-refractivity contribution >= 4 is 5.69 Å². The van der Waals surface area contributed by atoms with E-state index < -0.39 is 0 Å². The van der Waals surface area contributed by atoms with Crippen LogP contribution in [0.1, 0.15) is 26.2 Å². The van der Waals surface area contributed by atoms with Crippen LogP contribution in [0.2, 0.25) is 0 Å². The Labute approximate surface area is 128 Å². The van der Waals surface area contributed by atoms with Gasteiger partial charge in [0.25, 0.3) is 0 Å². The minimum atomic E-state index is 0.566. The largest absolute Gasteiger partial charge is 0.491 e. The van der Waals surface area contributed by atoms with Crippen LogP contribution < -0.4 is 10.1 Å². The number of hydrogen-bond acceptors (Lipinski definition) is 4. The molecule has 0 bridgehead atoms. The maximum atomic E-state index is 5.66. The predicted molar refractivity (Wildman–Crippen MR) is 87.2 cm³/mol. The Balaban J connectivity index is 1.85. The molecule has 1 saturated heterocycles. The summed E-state index contributed by atoms with van der Waals surface area (Å²) in [5, 5.41) is 3.66. The summed E-state index contributed by atoms with van der Waals surface area (Å²) in [5.74, 6) is 0.904. The van der Waals surface area contributed by atoms with Crippen molar-refractivity contribution < 1.29 is 9.47 Å². The summed E-state index contributed by atoms with van der Waals surface area (Å²) in [4.78, 5) is 2.53. The van der Waals surface area contributed by atoms with E-state index in [1.54, 1.807) is 7.11 Å². The molecule has 1 heterocycles. The highest BCUT2D eigenvalue weighted by atomic mass is 16.5. The van der Waals surface area contributed by atoms with Crippen molar-refractivity contribution in [3.8, 4) is 5.75 Å². The van der Waals surface area contributed by atoms with Gasteiger partial charge in [-0.3, -0.25) is 0 Å². The number of anilines is 1. The molecule has 1 aromatic rings. The number of nitrogens with zero attached hydrogens (tertiary/aromatic N) is 1. The lowest BCUT2D eigenvalue weighted by Crippen LogP contribution is -2.26. The Morgan fingerprint density at radius 2 is 2.14 bits per heavy atom. The highest BCUT2D eigenvalue weighted by Crippen LogP contribution is 2.21. The van der Waals surface area contributed by atoms with Crippen LogP contribution in [-0.2, 0) is 4.74 Å². The third-order valence-corrected chi connectivity index (χ3v) is 4.03. The zero-order valence-corrected chi connectivity index (χ0v) is 13.3. The molecule has 1 aliphatic heterocycles. The molecule has 4 heteroatoms. The number of hydrogen-bond donors (Lipinski definition) is 1. The summed E-state index contributed by atoms with van der Waals surface area (Å²) >= 11 is 0. The van der Waals surface area contributed by atoms with Crippen molar-refractivity contribution in [2.75, 3.05) is 45.3 Å². The first-order chi connectivity index (χ1) is 10.3. The van der Waals surface area contributed by atoms with Gasteiger partial charge in [0.1, 0.15) is 12.4 Å². The second-order valence-electron chi connectivity index (χ2n) is 5.58. The number of nitrogens with one attached hydrogen (secondary N) is 1. The zero-order chi connectivity index (χ0) is 14.9. The molecule has 118 valence electrons. The molecular formula is C17H28N2O2. The zero-order valence-electron chi connectivity index (χ0n) is 13.3. The number of methoxy groups -OCH3 is 1. The molecule has 0 aromatic heterocycles. The Kier molecular flexibility index (Phi) is 6.83. The monoisotopic (exact) mass is 292 g/mol. The molecule has 0 spiro atoms. The number of benzene rings is 1. The van der Waals surface area contributed by atoms with E-state index in [0.717, 1.165) is 18.0 Å². The third-order valence-electron chi connectivity index (χ3n) is 4.03. The van der Waals surface area contributed by atoms with E-state index in [2.05, 4.69) is 29.3 Å². The van der Waals surface area contributed by atoms with Crippen molar-refractivity contribution in [3.05, 3.63) is 24.3 Å². The molecule has 21 heavy (non-hydrogen) atoms. The molecule has 1 aliphatic rings. The fourth-order valence-electron chi connectivity index (χ4n) is 2.77. The van der Waals surface area contributed by atoms with Gasteiger partial charge in [0.05, 0.1) is 6.61 Å². The lowest BCUT2D eigenvalue weighted by Gasteiger charge is -2.19. The molecule has 1 N–H and O–H groups in total. The van der Waals surface area contributed by atoms with E-state index in [4.69, 9.17) is 9.47 Å². The molecule has 0 amide bonds. The molecule has 1 fully saturated rings. The molecular weight excluding hydrogens is 264 g/mol. The summed E-state index contributed by atoms with van der Waals surface area (Å²) in [6.45, 7) is 7.04. The van der Waals surface area contributed by atoms with Gasteiger partial charge in [-0.15, -0.1) is 0 Å². The number of likely N-dealkylation sites (tertiary alicyclic amines) is 1. The molecule has 2 rings (SSSR count). The Morgan fingerprint density at radius 3 is 2.95 bits per heavy atom. The van der Waals surface area contributed by atoms with Gasteiger partial charge in [-0.05, 0) is 44.5 Å². The van der Waals surface area contributed by atoms with Gasteiger partial charge in [0, 0.05) is 31.5 Å². The van der Waals surface area contributed by atoms with Crippen LogP contribution in [0.15, 0.2) is 24.3 Å². The SMILES string of the molecule is CCN1CCCC(Nc2cccc(OCCOC)c2)CC1. The quantitative estimate of drug-likeness (QED) is 0.783. The normalized spacial score (nSPS) is 20.0. The highest BCUT2D eigenvalue weighted by Gasteiger charge is 2.15. The minimum Gasteiger partial charge on any atom is -0.491 e. The Hall–Kier alpha value is -1.26. The average molecular weight is 292 g/mol. The fraction of sp³-hybridized carbons (Fsp3) is 0.647. The van der Waals surface area contributed by atoms with E-state index in [1.807, 2.05) is 12.1 Å². The summed E-state index contributed by atoms with van der Waals surface area (Å²) in [6.07, 6.45) is 3.73. The lowest BCUT2D eigenvalue weighted by molar-refractivity contribution is 0.146. The topological polar surface area (TPSA) is 33.7 Å². The van der Waals surface area contributed by atoms with Crippen molar-refractivity contribution in [3.63, 3.8) is 0 Å². The van der Waals surface area contributed by atoms with Crippen molar-refractivity contribution in [1.29, 1.82) is 0 Å². The van der Waals surface area contributed by atoms with Crippen LogP contribution in [0.3, 0.4) is 0 Å². The summed E-state index contributed by atoms with van der Waals surface area (Å²) in [6, 6.07) is 8.80. The molecule has 4 nitrogen and oxygen atoms in total. The van der Waals surface area contributed by atoms with Gasteiger partial charge in [0.15, 0.2) is 0 Å². The van der Waals surface area contributed by atoms with E-state index in [9.17, 15) is 0 Å². The second-order valence-corrected chi connectivity index (χ2v) is 5.58. The highest BCUT2D eigenvalue weighted by molar-refractivity contribution is 5.48. The maximum absolute atomic E-state index is 5.66. The van der Waals surface area contributed by atoms with Gasteiger partial charge in [0.2, 0.25) is 0 Å². The van der Waals surface area contributed by atoms with Crippen LogP contribution in [0.5, 0.6) is 5.75 Å². The molecule has 1 unspecified atom stereocenters. The smallest absolute Gasteiger partial charge is 0.121 e. The molecule has 1 atom stereocenters. The summed E-state index contributed by atoms with van der Waals surface area (Å²) in [7, 11) is 1.69. The molecule has 1 aromatic carbocycles. The van der Waals surface area contributed by atoms with Gasteiger partial charge >= 0.3 is 0 Å². The average Bonchev–Trinajstić information content (AvgIpc) is 2.73. The van der Waals surface area contributed by atoms with Crippen LogP contribution in [0.25, 0.3) is 0 Å². The fourth-order valence-corrected chi connectivity index (χ4v) is 2.77. The second kappa shape index (κ2) is 8.90. The molecule has 0 radical (unpaired) electrons. The first kappa shape index (κ1) is 16.1. The predicted octanol–water partition coefficient (Wildman–Crippen LogP) is 3.00. The van der Waals surface area contributed by atoms with Gasteiger partial charge in [-0.25, -0.2) is 0 Å².